The van der Waals surface area contributed by atoms with Crippen LogP contribution in [0.2, 0.25) is 5.02 Å². The Hall–Kier alpha value is 0.190. The summed E-state index contributed by atoms with van der Waals surface area (Å²) in [4.78, 5) is 0. The monoisotopic (exact) mass is 360 g/mol. The summed E-state index contributed by atoms with van der Waals surface area (Å²) in [6, 6.07) is 6.26. The van der Waals surface area contributed by atoms with E-state index in [0.29, 0.717) is 10.6 Å². The Balaban J connectivity index is 3.17. The molecule has 2 atom stereocenters. The first kappa shape index (κ1) is 15.2. The van der Waals surface area contributed by atoms with E-state index in [4.69, 9.17) is 23.2 Å². The van der Waals surface area contributed by atoms with Gasteiger partial charge in [0.15, 0.2) is 9.84 Å². The molecule has 96 valence electrons. The molecule has 0 heterocycles. The lowest BCUT2D eigenvalue weighted by molar-refractivity contribution is 0.185. The average molecular weight is 362 g/mol. The van der Waals surface area contributed by atoms with E-state index in [2.05, 4.69) is 15.9 Å². The molecule has 0 fully saturated rings. The molecular formula is C10H11BrCl2O3S. The third-order valence-electron chi connectivity index (χ3n) is 2.28. The molecule has 0 amide bonds. The molecule has 1 aromatic rings. The highest BCUT2D eigenvalue weighted by molar-refractivity contribution is 9.12. The first-order chi connectivity index (χ1) is 7.72. The van der Waals surface area contributed by atoms with Crippen molar-refractivity contribution >= 4 is 49.0 Å². The van der Waals surface area contributed by atoms with Crippen LogP contribution in [0.3, 0.4) is 0 Å². The van der Waals surface area contributed by atoms with Crippen LogP contribution in [-0.4, -0.2) is 22.4 Å². The van der Waals surface area contributed by atoms with Crippen LogP contribution in [-0.2, 0) is 9.84 Å². The Kier molecular flexibility index (Phi) is 4.88. The summed E-state index contributed by atoms with van der Waals surface area (Å²) in [5.74, 6) is -0.181. The minimum Gasteiger partial charge on any atom is -0.385 e. The summed E-state index contributed by atoms with van der Waals surface area (Å²) in [7, 11) is -3.67. The minimum atomic E-state index is -3.67. The largest absolute Gasteiger partial charge is 0.385 e. The number of hydrogen-bond acceptors (Lipinski definition) is 3. The topological polar surface area (TPSA) is 54.4 Å². The molecule has 1 N–H and O–H groups in total. The zero-order chi connectivity index (χ0) is 13.3. The molecule has 0 unspecified atom stereocenters. The second kappa shape index (κ2) is 5.45. The van der Waals surface area contributed by atoms with Crippen LogP contribution >= 0.6 is 39.1 Å². The Morgan fingerprint density at radius 2 is 2.12 bits per heavy atom. The lowest BCUT2D eigenvalue weighted by Gasteiger charge is -2.25. The van der Waals surface area contributed by atoms with E-state index >= 15 is 0 Å². The maximum atomic E-state index is 11.7. The fraction of sp³-hybridized carbons (Fsp3) is 0.400. The molecule has 17 heavy (non-hydrogen) atoms. The lowest BCUT2D eigenvalue weighted by atomic mass is 10.1. The molecule has 0 aliphatic rings. The second-order valence-electron chi connectivity index (χ2n) is 3.42. The summed E-state index contributed by atoms with van der Waals surface area (Å²) in [5.41, 5.74) is 0.335. The lowest BCUT2D eigenvalue weighted by Crippen LogP contribution is -2.34. The van der Waals surface area contributed by atoms with Gasteiger partial charge in [-0.3, -0.25) is 0 Å². The second-order valence-corrected chi connectivity index (χ2v) is 9.36. The Labute approximate surface area is 119 Å². The van der Waals surface area contributed by atoms with Crippen molar-refractivity contribution in [3.63, 3.8) is 0 Å². The molecule has 7 heteroatoms. The van der Waals surface area contributed by atoms with Crippen molar-refractivity contribution in [1.82, 2.24) is 0 Å². The fourth-order valence-corrected chi connectivity index (χ4v) is 3.70. The van der Waals surface area contributed by atoms with Crippen LogP contribution in [0.15, 0.2) is 24.3 Å². The quantitative estimate of drug-likeness (QED) is 0.838. The van der Waals surface area contributed by atoms with Crippen LogP contribution in [0.1, 0.15) is 18.6 Å². The summed E-state index contributed by atoms with van der Waals surface area (Å²) in [5, 5.41) is 10.4. The van der Waals surface area contributed by atoms with Gasteiger partial charge in [-0.05, 0) is 33.6 Å². The zero-order valence-corrected chi connectivity index (χ0v) is 12.8. The van der Waals surface area contributed by atoms with Gasteiger partial charge in [-0.1, -0.05) is 42.3 Å². The Morgan fingerprint density at radius 1 is 1.53 bits per heavy atom. The third kappa shape index (κ3) is 3.15. The highest BCUT2D eigenvalue weighted by atomic mass is 79.9. The molecule has 1 aromatic carbocycles. The number of hydrogen-bond donors (Lipinski definition) is 1. The third-order valence-corrected chi connectivity index (χ3v) is 7.15. The van der Waals surface area contributed by atoms with E-state index in [9.17, 15) is 13.5 Å². The molecule has 0 bridgehead atoms. The molecule has 0 spiro atoms. The molecule has 0 aliphatic carbocycles. The summed E-state index contributed by atoms with van der Waals surface area (Å²) in [6.45, 7) is 1.46. The van der Waals surface area contributed by atoms with Crippen LogP contribution in [0.4, 0.5) is 0 Å². The van der Waals surface area contributed by atoms with Gasteiger partial charge in [0.1, 0.15) is 6.10 Å². The molecule has 1 rings (SSSR count). The summed E-state index contributed by atoms with van der Waals surface area (Å²) < 4.78 is 21.6. The first-order valence-corrected chi connectivity index (χ1v) is 7.96. The maximum Gasteiger partial charge on any atom is 0.229 e. The van der Waals surface area contributed by atoms with E-state index in [1.165, 1.54) is 13.0 Å². The first-order valence-electron chi connectivity index (χ1n) is 4.76. The Bertz CT molecular complexity index is 502. The van der Waals surface area contributed by atoms with Crippen molar-refractivity contribution in [2.75, 3.05) is 5.75 Å². The van der Waals surface area contributed by atoms with Gasteiger partial charge in [0.05, 0.1) is 5.75 Å². The predicted molar refractivity (Wildman–Crippen MR) is 73.4 cm³/mol. The average Bonchev–Trinajstić information content (AvgIpc) is 2.27. The molecule has 0 radical (unpaired) electrons. The number of aliphatic hydroxyl groups excluding tert-OH is 1. The van der Waals surface area contributed by atoms with Crippen molar-refractivity contribution < 1.29 is 13.5 Å². The van der Waals surface area contributed by atoms with E-state index in [0.717, 1.165) is 0 Å². The Morgan fingerprint density at radius 3 is 2.59 bits per heavy atom. The van der Waals surface area contributed by atoms with E-state index < -0.39 is 19.1 Å². The van der Waals surface area contributed by atoms with Crippen molar-refractivity contribution in [3.8, 4) is 0 Å². The van der Waals surface area contributed by atoms with Gasteiger partial charge >= 0.3 is 0 Å². The van der Waals surface area contributed by atoms with Gasteiger partial charge < -0.3 is 5.11 Å². The number of aliphatic hydroxyl groups is 1. The normalized spacial score (nSPS) is 17.5. The summed E-state index contributed by atoms with van der Waals surface area (Å²) in [6.07, 6.45) is -1.41. The van der Waals surface area contributed by atoms with Crippen LogP contribution in [0, 0.1) is 0 Å². The SMILES string of the molecule is CCS(=O)(=O)[C@](Cl)(Br)[C@@H](O)c1cccc(Cl)c1. The van der Waals surface area contributed by atoms with Crippen molar-refractivity contribution in [3.05, 3.63) is 34.9 Å². The van der Waals surface area contributed by atoms with Gasteiger partial charge in [-0.2, -0.15) is 0 Å². The highest BCUT2D eigenvalue weighted by Gasteiger charge is 2.45. The van der Waals surface area contributed by atoms with Crippen molar-refractivity contribution in [2.45, 2.75) is 16.1 Å². The molecule has 0 aliphatic heterocycles. The fourth-order valence-electron chi connectivity index (χ4n) is 1.23. The number of halogens is 3. The number of sulfone groups is 1. The van der Waals surface area contributed by atoms with Gasteiger partial charge in [0.25, 0.3) is 0 Å². The predicted octanol–water partition coefficient (Wildman–Crippen LogP) is 3.10. The molecule has 0 aromatic heterocycles. The van der Waals surface area contributed by atoms with E-state index in [1.54, 1.807) is 18.2 Å². The standard InChI is InChI=1S/C10H11BrCl2O3S/c1-2-17(15,16)10(11,13)9(14)7-4-3-5-8(12)6-7/h3-6,9,14H,2H2,1H3/t9-,10-/m0/s1. The van der Waals surface area contributed by atoms with Gasteiger partial charge in [0.2, 0.25) is 3.12 Å². The molecular weight excluding hydrogens is 351 g/mol. The van der Waals surface area contributed by atoms with Crippen LogP contribution < -0.4 is 0 Å². The van der Waals surface area contributed by atoms with E-state index in [-0.39, 0.29) is 5.75 Å². The van der Waals surface area contributed by atoms with Crippen LogP contribution in [0.25, 0.3) is 0 Å². The zero-order valence-electron chi connectivity index (χ0n) is 8.90. The highest BCUT2D eigenvalue weighted by Crippen LogP contribution is 2.43. The number of rotatable bonds is 4. The van der Waals surface area contributed by atoms with E-state index in [1.807, 2.05) is 0 Å². The van der Waals surface area contributed by atoms with Crippen molar-refractivity contribution in [2.24, 2.45) is 0 Å². The minimum absolute atomic E-state index is 0.181. The number of benzene rings is 1. The maximum absolute atomic E-state index is 11.7. The van der Waals surface area contributed by atoms with Gasteiger partial charge in [-0.15, -0.1) is 0 Å². The van der Waals surface area contributed by atoms with Crippen molar-refractivity contribution in [1.29, 1.82) is 0 Å². The summed E-state index contributed by atoms with van der Waals surface area (Å²) >= 11 is 14.5. The smallest absolute Gasteiger partial charge is 0.229 e. The molecule has 3 nitrogen and oxygen atoms in total. The van der Waals surface area contributed by atoms with Gasteiger partial charge in [0, 0.05) is 5.02 Å². The van der Waals surface area contributed by atoms with Crippen LogP contribution in [0.5, 0.6) is 0 Å². The molecule has 0 saturated carbocycles. The van der Waals surface area contributed by atoms with Gasteiger partial charge in [-0.25, -0.2) is 8.42 Å². The molecule has 0 saturated heterocycles. The number of alkyl halides is 2.